The molecule has 0 bridgehead atoms. The summed E-state index contributed by atoms with van der Waals surface area (Å²) in [6.45, 7) is -3.15. The average Bonchev–Trinajstić information content (AvgIpc) is 2.26. The van der Waals surface area contributed by atoms with Gasteiger partial charge in [0, 0.05) is 5.33 Å². The number of hydrogen-bond acceptors (Lipinski definition) is 1. The summed E-state index contributed by atoms with van der Waals surface area (Å²) < 4.78 is 141. The van der Waals surface area contributed by atoms with Crippen molar-refractivity contribution in [1.29, 1.82) is 0 Å². The van der Waals surface area contributed by atoms with E-state index >= 15 is 0 Å². The Morgan fingerprint density at radius 1 is 0.667 bits per heavy atom. The van der Waals surface area contributed by atoms with Crippen LogP contribution in [0.5, 0.6) is 0 Å². The fourth-order valence-electron chi connectivity index (χ4n) is 0.950. The molecule has 0 N–H and O–H groups in total. The predicted octanol–water partition coefficient (Wildman–Crippen LogP) is 4.50. The van der Waals surface area contributed by atoms with Crippen molar-refractivity contribution in [2.24, 2.45) is 0 Å². The summed E-state index contributed by atoms with van der Waals surface area (Å²) in [6, 6.07) is 0. The lowest BCUT2D eigenvalue weighted by molar-refractivity contribution is -0.424. The van der Waals surface area contributed by atoms with Crippen LogP contribution in [0.1, 0.15) is 0 Å². The molecule has 0 rings (SSSR count). The second-order valence-electron chi connectivity index (χ2n) is 3.67. The summed E-state index contributed by atoms with van der Waals surface area (Å²) in [5.74, 6) is -27.7. The molecule has 13 heteroatoms. The highest BCUT2D eigenvalue weighted by Crippen LogP contribution is 2.57. The van der Waals surface area contributed by atoms with Crippen LogP contribution in [0.2, 0.25) is 0 Å². The van der Waals surface area contributed by atoms with E-state index in [2.05, 4.69) is 20.7 Å². The SMILES string of the molecule is FC(F)(F)C(F)(F)C(F)(F)C(F)(F)C(F)(F)COCCBr. The van der Waals surface area contributed by atoms with Gasteiger partial charge in [-0.1, -0.05) is 15.9 Å². The van der Waals surface area contributed by atoms with E-state index in [1.54, 1.807) is 0 Å². The van der Waals surface area contributed by atoms with Gasteiger partial charge in [0.1, 0.15) is 6.61 Å². The van der Waals surface area contributed by atoms with E-state index in [1.807, 2.05) is 0 Å². The van der Waals surface area contributed by atoms with Crippen molar-refractivity contribution in [2.45, 2.75) is 29.9 Å². The third-order valence-corrected chi connectivity index (χ3v) is 2.43. The summed E-state index contributed by atoms with van der Waals surface area (Å²) in [6.07, 6.45) is -7.15. The van der Waals surface area contributed by atoms with Crippen LogP contribution >= 0.6 is 15.9 Å². The molecule has 0 aliphatic rings. The average molecular weight is 407 g/mol. The van der Waals surface area contributed by atoms with E-state index in [0.29, 0.717) is 0 Å². The molecule has 0 spiro atoms. The summed E-state index contributed by atoms with van der Waals surface area (Å²) in [7, 11) is 0. The van der Waals surface area contributed by atoms with Crippen LogP contribution in [-0.4, -0.2) is 48.4 Å². The van der Waals surface area contributed by atoms with Crippen LogP contribution in [0.4, 0.5) is 48.3 Å². The molecule has 0 aromatic rings. The van der Waals surface area contributed by atoms with E-state index in [-0.39, 0.29) is 5.33 Å². The maximum Gasteiger partial charge on any atom is 0.460 e. The molecule has 0 unspecified atom stereocenters. The molecule has 0 saturated carbocycles. The zero-order valence-corrected chi connectivity index (χ0v) is 11.2. The highest BCUT2D eigenvalue weighted by molar-refractivity contribution is 9.09. The van der Waals surface area contributed by atoms with Crippen LogP contribution in [0.3, 0.4) is 0 Å². The van der Waals surface area contributed by atoms with E-state index in [9.17, 15) is 48.3 Å². The van der Waals surface area contributed by atoms with Gasteiger partial charge in [-0.3, -0.25) is 0 Å². The number of alkyl halides is 12. The standard InChI is InChI=1S/C8H6BrF11O/c9-1-2-21-3-4(10,11)5(12,13)6(14,15)7(16,17)8(18,19)20/h1-3H2. The van der Waals surface area contributed by atoms with Crippen molar-refractivity contribution < 1.29 is 53.0 Å². The monoisotopic (exact) mass is 406 g/mol. The van der Waals surface area contributed by atoms with Crippen molar-refractivity contribution in [3.8, 4) is 0 Å². The molecule has 21 heavy (non-hydrogen) atoms. The number of rotatable bonds is 7. The van der Waals surface area contributed by atoms with E-state index in [0.717, 1.165) is 0 Å². The van der Waals surface area contributed by atoms with Gasteiger partial charge in [-0.25, -0.2) is 0 Å². The van der Waals surface area contributed by atoms with Gasteiger partial charge in [-0.15, -0.1) is 0 Å². The van der Waals surface area contributed by atoms with Crippen LogP contribution in [0.25, 0.3) is 0 Å². The molecule has 0 aromatic heterocycles. The molecular weight excluding hydrogens is 401 g/mol. The Kier molecular flexibility index (Phi) is 5.95. The fraction of sp³-hybridized carbons (Fsp3) is 1.00. The molecular formula is C8H6BrF11O. The maximum absolute atomic E-state index is 12.9. The van der Waals surface area contributed by atoms with Crippen molar-refractivity contribution in [2.75, 3.05) is 18.5 Å². The summed E-state index contributed by atoms with van der Waals surface area (Å²) in [5, 5.41) is -0.191. The first-order valence-corrected chi connectivity index (χ1v) is 5.90. The highest BCUT2D eigenvalue weighted by atomic mass is 79.9. The Balaban J connectivity index is 5.55. The molecule has 1 nitrogen and oxygen atoms in total. The van der Waals surface area contributed by atoms with E-state index < -0.39 is 43.1 Å². The van der Waals surface area contributed by atoms with E-state index in [1.165, 1.54) is 0 Å². The Bertz CT molecular complexity index is 351. The minimum atomic E-state index is -7.38. The number of halogens is 12. The quantitative estimate of drug-likeness (QED) is 0.343. The van der Waals surface area contributed by atoms with Gasteiger partial charge in [-0.2, -0.15) is 48.3 Å². The second kappa shape index (κ2) is 6.05. The molecule has 0 saturated heterocycles. The third-order valence-electron chi connectivity index (χ3n) is 2.11. The van der Waals surface area contributed by atoms with Gasteiger partial charge >= 0.3 is 29.9 Å². The normalized spacial score (nSPS) is 15.4. The van der Waals surface area contributed by atoms with Gasteiger partial charge in [0.2, 0.25) is 0 Å². The van der Waals surface area contributed by atoms with Crippen LogP contribution in [-0.2, 0) is 4.74 Å². The van der Waals surface area contributed by atoms with Gasteiger partial charge in [0.05, 0.1) is 6.61 Å². The van der Waals surface area contributed by atoms with Gasteiger partial charge in [-0.05, 0) is 0 Å². The van der Waals surface area contributed by atoms with Crippen molar-refractivity contribution in [1.82, 2.24) is 0 Å². The Hall–Kier alpha value is -0.330. The number of hydrogen-bond donors (Lipinski definition) is 0. The largest absolute Gasteiger partial charge is 0.460 e. The molecule has 128 valence electrons. The lowest BCUT2D eigenvalue weighted by Gasteiger charge is -2.37. The van der Waals surface area contributed by atoms with Crippen LogP contribution in [0, 0.1) is 0 Å². The van der Waals surface area contributed by atoms with Crippen molar-refractivity contribution in [3.63, 3.8) is 0 Å². The summed E-state index contributed by atoms with van der Waals surface area (Å²) >= 11 is 2.59. The molecule has 0 fully saturated rings. The van der Waals surface area contributed by atoms with Crippen LogP contribution in [0.15, 0.2) is 0 Å². The summed E-state index contributed by atoms with van der Waals surface area (Å²) in [4.78, 5) is 0. The smallest absolute Gasteiger partial charge is 0.374 e. The highest BCUT2D eigenvalue weighted by Gasteiger charge is 2.87. The maximum atomic E-state index is 12.9. The first-order valence-electron chi connectivity index (χ1n) is 4.78. The lowest BCUT2D eigenvalue weighted by atomic mass is 9.98. The molecule has 0 atom stereocenters. The van der Waals surface area contributed by atoms with Crippen LogP contribution < -0.4 is 0 Å². The van der Waals surface area contributed by atoms with E-state index in [4.69, 9.17) is 0 Å². The zero-order chi connectivity index (χ0) is 17.3. The Morgan fingerprint density at radius 3 is 1.43 bits per heavy atom. The zero-order valence-electron chi connectivity index (χ0n) is 9.57. The van der Waals surface area contributed by atoms with Gasteiger partial charge in [0.25, 0.3) is 0 Å². The Morgan fingerprint density at radius 2 is 1.10 bits per heavy atom. The Labute approximate surface area is 118 Å². The molecule has 0 aromatic carbocycles. The lowest BCUT2D eigenvalue weighted by Crippen LogP contribution is -2.67. The molecule has 0 aliphatic carbocycles. The third kappa shape index (κ3) is 3.54. The minimum Gasteiger partial charge on any atom is -0.374 e. The molecule has 0 heterocycles. The predicted molar refractivity (Wildman–Crippen MR) is 50.5 cm³/mol. The number of ether oxygens (including phenoxy) is 1. The second-order valence-corrected chi connectivity index (χ2v) is 4.46. The minimum absolute atomic E-state index is 0.191. The summed E-state index contributed by atoms with van der Waals surface area (Å²) in [5.41, 5.74) is 0. The van der Waals surface area contributed by atoms with Gasteiger partial charge < -0.3 is 4.74 Å². The fourth-order valence-corrected chi connectivity index (χ4v) is 1.18. The van der Waals surface area contributed by atoms with Crippen molar-refractivity contribution in [3.05, 3.63) is 0 Å². The first-order chi connectivity index (χ1) is 9.06. The first kappa shape index (κ1) is 20.7. The molecule has 0 radical (unpaired) electrons. The van der Waals surface area contributed by atoms with Crippen molar-refractivity contribution >= 4 is 15.9 Å². The van der Waals surface area contributed by atoms with Gasteiger partial charge in [0.15, 0.2) is 0 Å². The molecule has 0 amide bonds. The topological polar surface area (TPSA) is 9.23 Å². The molecule has 0 aliphatic heterocycles.